The Kier molecular flexibility index (Phi) is 2.33. The topological polar surface area (TPSA) is 38.9 Å². The standard InChI is InChI=1S/C17H12N2O/c1-11-7-8-12-13-5-4-10-19-17(13)20-16(12)15(11)14-6-2-3-9-18-14/h2-10H,1H3. The molecular weight excluding hydrogens is 248 g/mol. The van der Waals surface area contributed by atoms with E-state index in [0.717, 1.165) is 33.2 Å². The maximum atomic E-state index is 5.97. The van der Waals surface area contributed by atoms with Gasteiger partial charge in [-0.1, -0.05) is 18.2 Å². The highest BCUT2D eigenvalue weighted by Crippen LogP contribution is 2.36. The van der Waals surface area contributed by atoms with Crippen LogP contribution < -0.4 is 0 Å². The van der Waals surface area contributed by atoms with Crippen LogP contribution in [-0.4, -0.2) is 9.97 Å². The molecule has 0 radical (unpaired) electrons. The Balaban J connectivity index is 2.17. The van der Waals surface area contributed by atoms with Crippen molar-refractivity contribution in [1.82, 2.24) is 9.97 Å². The summed E-state index contributed by atoms with van der Waals surface area (Å²) in [5.74, 6) is 0. The molecule has 0 bridgehead atoms. The van der Waals surface area contributed by atoms with Crippen LogP contribution in [0.5, 0.6) is 0 Å². The largest absolute Gasteiger partial charge is 0.437 e. The van der Waals surface area contributed by atoms with Crippen LogP contribution in [0.1, 0.15) is 5.56 Å². The number of furan rings is 1. The fourth-order valence-corrected chi connectivity index (χ4v) is 2.60. The van der Waals surface area contributed by atoms with Crippen LogP contribution in [0.15, 0.2) is 59.3 Å². The Morgan fingerprint density at radius 2 is 1.75 bits per heavy atom. The molecule has 0 fully saturated rings. The van der Waals surface area contributed by atoms with Crippen LogP contribution in [0.3, 0.4) is 0 Å². The quantitative estimate of drug-likeness (QED) is 0.510. The van der Waals surface area contributed by atoms with Gasteiger partial charge >= 0.3 is 0 Å². The highest BCUT2D eigenvalue weighted by atomic mass is 16.3. The average molecular weight is 260 g/mol. The molecular formula is C17H12N2O. The molecule has 0 saturated heterocycles. The van der Waals surface area contributed by atoms with E-state index >= 15 is 0 Å². The van der Waals surface area contributed by atoms with Crippen LogP contribution in [0, 0.1) is 6.92 Å². The van der Waals surface area contributed by atoms with Gasteiger partial charge in [0.25, 0.3) is 0 Å². The lowest BCUT2D eigenvalue weighted by Gasteiger charge is -2.05. The van der Waals surface area contributed by atoms with E-state index in [-0.39, 0.29) is 0 Å². The third kappa shape index (κ3) is 1.53. The van der Waals surface area contributed by atoms with Gasteiger partial charge in [0.2, 0.25) is 5.71 Å². The Bertz CT molecular complexity index is 910. The third-order valence-corrected chi connectivity index (χ3v) is 3.55. The highest BCUT2D eigenvalue weighted by molar-refractivity contribution is 6.08. The van der Waals surface area contributed by atoms with E-state index in [4.69, 9.17) is 4.42 Å². The number of benzene rings is 1. The molecule has 4 rings (SSSR count). The molecule has 0 atom stereocenters. The van der Waals surface area contributed by atoms with E-state index in [1.54, 1.807) is 12.4 Å². The summed E-state index contributed by atoms with van der Waals surface area (Å²) < 4.78 is 5.97. The van der Waals surface area contributed by atoms with Gasteiger partial charge in [-0.3, -0.25) is 4.98 Å². The summed E-state index contributed by atoms with van der Waals surface area (Å²) in [5, 5.41) is 2.12. The zero-order valence-corrected chi connectivity index (χ0v) is 11.0. The first kappa shape index (κ1) is 11.2. The molecule has 0 amide bonds. The fraction of sp³-hybridized carbons (Fsp3) is 0.0588. The van der Waals surface area contributed by atoms with Gasteiger partial charge in [0.15, 0.2) is 0 Å². The molecule has 0 aliphatic heterocycles. The molecule has 0 unspecified atom stereocenters. The normalized spacial score (nSPS) is 11.2. The molecule has 0 saturated carbocycles. The minimum Gasteiger partial charge on any atom is -0.437 e. The van der Waals surface area contributed by atoms with Crippen molar-refractivity contribution in [3.05, 3.63) is 60.4 Å². The first-order valence-corrected chi connectivity index (χ1v) is 6.53. The molecule has 0 spiro atoms. The van der Waals surface area contributed by atoms with E-state index in [0.29, 0.717) is 5.71 Å². The smallest absolute Gasteiger partial charge is 0.227 e. The number of rotatable bonds is 1. The minimum atomic E-state index is 0.672. The Hall–Kier alpha value is -2.68. The van der Waals surface area contributed by atoms with Crippen molar-refractivity contribution in [2.24, 2.45) is 0 Å². The third-order valence-electron chi connectivity index (χ3n) is 3.55. The van der Waals surface area contributed by atoms with Gasteiger partial charge in [-0.15, -0.1) is 0 Å². The summed E-state index contributed by atoms with van der Waals surface area (Å²) in [6.07, 6.45) is 3.55. The van der Waals surface area contributed by atoms with Crippen molar-refractivity contribution in [1.29, 1.82) is 0 Å². The Morgan fingerprint density at radius 1 is 0.850 bits per heavy atom. The summed E-state index contributed by atoms with van der Waals surface area (Å²) in [4.78, 5) is 8.75. The number of hydrogen-bond acceptors (Lipinski definition) is 3. The van der Waals surface area contributed by atoms with Crippen LogP contribution in [-0.2, 0) is 0 Å². The summed E-state index contributed by atoms with van der Waals surface area (Å²) >= 11 is 0. The molecule has 0 aliphatic rings. The van der Waals surface area contributed by atoms with Crippen molar-refractivity contribution >= 4 is 22.1 Å². The molecule has 20 heavy (non-hydrogen) atoms. The van der Waals surface area contributed by atoms with Crippen LogP contribution in [0.2, 0.25) is 0 Å². The number of aryl methyl sites for hydroxylation is 1. The van der Waals surface area contributed by atoms with E-state index in [2.05, 4.69) is 29.0 Å². The van der Waals surface area contributed by atoms with Gasteiger partial charge in [0, 0.05) is 28.7 Å². The molecule has 3 heteroatoms. The van der Waals surface area contributed by atoms with Crippen molar-refractivity contribution in [3.63, 3.8) is 0 Å². The lowest BCUT2D eigenvalue weighted by Crippen LogP contribution is -1.86. The first-order chi connectivity index (χ1) is 9.84. The van der Waals surface area contributed by atoms with Crippen molar-refractivity contribution in [2.75, 3.05) is 0 Å². The van der Waals surface area contributed by atoms with Crippen LogP contribution in [0.25, 0.3) is 33.3 Å². The Labute approximate surface area is 115 Å². The zero-order valence-electron chi connectivity index (χ0n) is 11.0. The van der Waals surface area contributed by atoms with Crippen molar-refractivity contribution < 1.29 is 4.42 Å². The number of fused-ring (bicyclic) bond motifs is 3. The lowest BCUT2D eigenvalue weighted by molar-refractivity contribution is 0.654. The molecule has 3 aromatic heterocycles. The second kappa shape index (κ2) is 4.17. The summed E-state index contributed by atoms with van der Waals surface area (Å²) in [7, 11) is 0. The van der Waals surface area contributed by atoms with E-state index in [1.165, 1.54) is 0 Å². The molecule has 96 valence electrons. The van der Waals surface area contributed by atoms with Gasteiger partial charge in [0.1, 0.15) is 5.58 Å². The van der Waals surface area contributed by atoms with Gasteiger partial charge in [-0.2, -0.15) is 0 Å². The van der Waals surface area contributed by atoms with Crippen LogP contribution >= 0.6 is 0 Å². The number of nitrogens with zero attached hydrogens (tertiary/aromatic N) is 2. The van der Waals surface area contributed by atoms with E-state index < -0.39 is 0 Å². The summed E-state index contributed by atoms with van der Waals surface area (Å²) in [6, 6.07) is 14.1. The van der Waals surface area contributed by atoms with Crippen molar-refractivity contribution in [2.45, 2.75) is 6.92 Å². The molecule has 1 aromatic carbocycles. The number of pyridine rings is 2. The van der Waals surface area contributed by atoms with E-state index in [1.807, 2.05) is 30.3 Å². The fourth-order valence-electron chi connectivity index (χ4n) is 2.60. The van der Waals surface area contributed by atoms with Gasteiger partial charge in [0.05, 0.1) is 5.69 Å². The molecule has 0 aliphatic carbocycles. The molecule has 3 heterocycles. The average Bonchev–Trinajstić information content (AvgIpc) is 2.86. The highest BCUT2D eigenvalue weighted by Gasteiger charge is 2.15. The van der Waals surface area contributed by atoms with Gasteiger partial charge in [-0.25, -0.2) is 4.98 Å². The van der Waals surface area contributed by atoms with E-state index in [9.17, 15) is 0 Å². The number of hydrogen-bond donors (Lipinski definition) is 0. The molecule has 4 aromatic rings. The predicted octanol–water partition coefficient (Wildman–Crippen LogP) is 4.35. The minimum absolute atomic E-state index is 0.672. The first-order valence-electron chi connectivity index (χ1n) is 6.53. The maximum absolute atomic E-state index is 5.97. The monoisotopic (exact) mass is 260 g/mol. The van der Waals surface area contributed by atoms with Crippen LogP contribution in [0.4, 0.5) is 0 Å². The van der Waals surface area contributed by atoms with Gasteiger partial charge < -0.3 is 4.42 Å². The number of aromatic nitrogens is 2. The summed E-state index contributed by atoms with van der Waals surface area (Å²) in [5.41, 5.74) is 4.65. The lowest BCUT2D eigenvalue weighted by atomic mass is 10.0. The predicted molar refractivity (Wildman–Crippen MR) is 79.5 cm³/mol. The maximum Gasteiger partial charge on any atom is 0.227 e. The SMILES string of the molecule is Cc1ccc2c(oc3ncccc32)c1-c1ccccn1. The second-order valence-corrected chi connectivity index (χ2v) is 4.81. The Morgan fingerprint density at radius 3 is 2.60 bits per heavy atom. The molecule has 3 nitrogen and oxygen atoms in total. The van der Waals surface area contributed by atoms with Gasteiger partial charge in [-0.05, 0) is 36.8 Å². The van der Waals surface area contributed by atoms with Crippen molar-refractivity contribution in [3.8, 4) is 11.3 Å². The summed E-state index contributed by atoms with van der Waals surface area (Å²) in [6.45, 7) is 2.07. The molecule has 0 N–H and O–H groups in total. The second-order valence-electron chi connectivity index (χ2n) is 4.81. The zero-order chi connectivity index (χ0) is 13.5.